The monoisotopic (exact) mass is 448 g/mol. The van der Waals surface area contributed by atoms with Gasteiger partial charge < -0.3 is 4.42 Å². The van der Waals surface area contributed by atoms with Crippen molar-refractivity contribution in [2.24, 2.45) is 5.10 Å². The average Bonchev–Trinajstić information content (AvgIpc) is 3.10. The molecule has 0 fully saturated rings. The number of nitrogens with one attached hydrogen (secondary N) is 1. The first kappa shape index (κ1) is 18.7. The van der Waals surface area contributed by atoms with Crippen LogP contribution in [0.4, 0.5) is 5.69 Å². The number of hydrazone groups is 1. The summed E-state index contributed by atoms with van der Waals surface area (Å²) in [7, 11) is 0. The Balaban J connectivity index is 1.73. The predicted molar refractivity (Wildman–Crippen MR) is 103 cm³/mol. The van der Waals surface area contributed by atoms with Gasteiger partial charge in [-0.25, -0.2) is 5.43 Å². The molecule has 2 aromatic heterocycles. The van der Waals surface area contributed by atoms with Gasteiger partial charge in [-0.3, -0.25) is 19.9 Å². The van der Waals surface area contributed by atoms with E-state index in [0.29, 0.717) is 32.1 Å². The first-order valence-corrected chi connectivity index (χ1v) is 8.59. The van der Waals surface area contributed by atoms with Gasteiger partial charge in [0.05, 0.1) is 21.7 Å². The van der Waals surface area contributed by atoms with E-state index in [-0.39, 0.29) is 5.69 Å². The van der Waals surface area contributed by atoms with Crippen molar-refractivity contribution in [1.29, 1.82) is 0 Å². The average molecular weight is 450 g/mol. The van der Waals surface area contributed by atoms with Crippen molar-refractivity contribution in [3.63, 3.8) is 0 Å². The first-order valence-electron chi connectivity index (χ1n) is 7.42. The largest absolute Gasteiger partial charge is 0.455 e. The summed E-state index contributed by atoms with van der Waals surface area (Å²) in [4.78, 5) is 26.3. The van der Waals surface area contributed by atoms with Gasteiger partial charge in [0.1, 0.15) is 11.5 Å². The van der Waals surface area contributed by atoms with E-state index in [2.05, 4.69) is 31.4 Å². The second-order valence-corrected chi connectivity index (χ2v) is 6.54. The Morgan fingerprint density at radius 2 is 2.11 bits per heavy atom. The van der Waals surface area contributed by atoms with Crippen LogP contribution in [0.15, 0.2) is 62.8 Å². The van der Waals surface area contributed by atoms with E-state index >= 15 is 0 Å². The minimum atomic E-state index is -0.516. The zero-order valence-electron chi connectivity index (χ0n) is 13.4. The number of nitrogens with zero attached hydrogens (tertiary/aromatic N) is 3. The van der Waals surface area contributed by atoms with Crippen LogP contribution in [-0.2, 0) is 0 Å². The number of benzene rings is 1. The molecule has 3 aromatic rings. The number of nitro groups is 1. The van der Waals surface area contributed by atoms with Crippen molar-refractivity contribution in [3.8, 4) is 11.3 Å². The molecule has 3 rings (SSSR count). The lowest BCUT2D eigenvalue weighted by Crippen LogP contribution is -2.17. The van der Waals surface area contributed by atoms with E-state index in [4.69, 9.17) is 16.0 Å². The topological polar surface area (TPSA) is 111 Å². The summed E-state index contributed by atoms with van der Waals surface area (Å²) in [6, 6.07) is 8.87. The molecule has 0 unspecified atom stereocenters. The Kier molecular flexibility index (Phi) is 5.63. The number of furan rings is 1. The van der Waals surface area contributed by atoms with Crippen LogP contribution in [0.2, 0.25) is 5.02 Å². The van der Waals surface area contributed by atoms with Crippen LogP contribution in [0, 0.1) is 10.1 Å². The third kappa shape index (κ3) is 4.57. The number of aromatic nitrogens is 1. The maximum atomic E-state index is 12.0. The fourth-order valence-electron chi connectivity index (χ4n) is 2.14. The number of amides is 1. The van der Waals surface area contributed by atoms with Crippen molar-refractivity contribution < 1.29 is 14.1 Å². The van der Waals surface area contributed by atoms with Gasteiger partial charge in [-0.1, -0.05) is 11.6 Å². The summed E-state index contributed by atoms with van der Waals surface area (Å²) >= 11 is 9.32. The van der Waals surface area contributed by atoms with E-state index in [1.807, 2.05) is 0 Å². The SMILES string of the molecule is O=C(N/N=C/c1ccc(-c2cc([N+](=O)[O-])ccc2Cl)o1)c1cncc(Br)c1. The van der Waals surface area contributed by atoms with Gasteiger partial charge in [0.25, 0.3) is 11.6 Å². The maximum absolute atomic E-state index is 12.0. The molecule has 0 saturated heterocycles. The van der Waals surface area contributed by atoms with Crippen LogP contribution in [0.3, 0.4) is 0 Å². The number of hydrogen-bond acceptors (Lipinski definition) is 6. The Labute approximate surface area is 166 Å². The van der Waals surface area contributed by atoms with Crippen molar-refractivity contribution in [3.05, 3.63) is 79.7 Å². The number of pyridine rings is 1. The molecule has 1 amide bonds. The molecule has 0 aliphatic carbocycles. The lowest BCUT2D eigenvalue weighted by atomic mass is 10.1. The van der Waals surface area contributed by atoms with Crippen LogP contribution in [0.25, 0.3) is 11.3 Å². The van der Waals surface area contributed by atoms with Gasteiger partial charge in [0, 0.05) is 34.6 Å². The summed E-state index contributed by atoms with van der Waals surface area (Å²) in [6.45, 7) is 0. The van der Waals surface area contributed by atoms with Crippen molar-refractivity contribution in [1.82, 2.24) is 10.4 Å². The molecule has 0 aliphatic heterocycles. The minimum Gasteiger partial charge on any atom is -0.455 e. The zero-order chi connectivity index (χ0) is 19.4. The van der Waals surface area contributed by atoms with E-state index in [0.717, 1.165) is 0 Å². The Bertz CT molecular complexity index is 1050. The van der Waals surface area contributed by atoms with Crippen LogP contribution in [0.1, 0.15) is 16.1 Å². The summed E-state index contributed by atoms with van der Waals surface area (Å²) < 4.78 is 6.23. The van der Waals surface area contributed by atoms with Crippen LogP contribution in [0.5, 0.6) is 0 Å². The fraction of sp³-hybridized carbons (Fsp3) is 0. The number of hydrogen-bond donors (Lipinski definition) is 1. The van der Waals surface area contributed by atoms with E-state index in [1.54, 1.807) is 24.4 Å². The highest BCUT2D eigenvalue weighted by molar-refractivity contribution is 9.10. The summed E-state index contributed by atoms with van der Waals surface area (Å²) in [6.07, 6.45) is 4.27. The molecule has 0 atom stereocenters. The first-order chi connectivity index (χ1) is 12.9. The highest BCUT2D eigenvalue weighted by atomic mass is 79.9. The highest BCUT2D eigenvalue weighted by Gasteiger charge is 2.14. The number of carbonyl (C=O) groups excluding carboxylic acids is 1. The molecule has 0 bridgehead atoms. The van der Waals surface area contributed by atoms with E-state index in [9.17, 15) is 14.9 Å². The number of non-ortho nitro benzene ring substituents is 1. The van der Waals surface area contributed by atoms with Crippen LogP contribution >= 0.6 is 27.5 Å². The summed E-state index contributed by atoms with van der Waals surface area (Å²) in [5, 5.41) is 15.0. The van der Waals surface area contributed by atoms with Gasteiger partial charge in [-0.05, 0) is 40.2 Å². The molecular formula is C17H10BrClN4O4. The fourth-order valence-corrected chi connectivity index (χ4v) is 2.71. The smallest absolute Gasteiger partial charge is 0.272 e. The number of nitro benzene ring substituents is 1. The molecule has 136 valence electrons. The van der Waals surface area contributed by atoms with Gasteiger partial charge >= 0.3 is 0 Å². The van der Waals surface area contributed by atoms with E-state index in [1.165, 1.54) is 30.6 Å². The molecular weight excluding hydrogens is 440 g/mol. The molecule has 27 heavy (non-hydrogen) atoms. The third-order valence-corrected chi connectivity index (χ3v) is 4.14. The molecule has 0 spiro atoms. The zero-order valence-corrected chi connectivity index (χ0v) is 15.8. The number of halogens is 2. The maximum Gasteiger partial charge on any atom is 0.272 e. The summed E-state index contributed by atoms with van der Waals surface area (Å²) in [5.41, 5.74) is 2.97. The van der Waals surface area contributed by atoms with Crippen molar-refractivity contribution in [2.75, 3.05) is 0 Å². The van der Waals surface area contributed by atoms with Gasteiger partial charge in [-0.15, -0.1) is 0 Å². The van der Waals surface area contributed by atoms with Crippen molar-refractivity contribution in [2.45, 2.75) is 0 Å². The van der Waals surface area contributed by atoms with E-state index < -0.39 is 10.8 Å². The Hall–Kier alpha value is -3.04. The highest BCUT2D eigenvalue weighted by Crippen LogP contribution is 2.32. The van der Waals surface area contributed by atoms with Crippen molar-refractivity contribution >= 4 is 45.3 Å². The Morgan fingerprint density at radius 1 is 1.30 bits per heavy atom. The second kappa shape index (κ2) is 8.11. The van der Waals surface area contributed by atoms with Gasteiger partial charge in [-0.2, -0.15) is 5.10 Å². The Morgan fingerprint density at radius 3 is 2.85 bits per heavy atom. The van der Waals surface area contributed by atoms with Gasteiger partial charge in [0.15, 0.2) is 0 Å². The van der Waals surface area contributed by atoms with Crippen LogP contribution in [-0.4, -0.2) is 22.0 Å². The second-order valence-electron chi connectivity index (χ2n) is 5.21. The molecule has 0 aliphatic rings. The number of rotatable bonds is 5. The molecule has 1 N–H and O–H groups in total. The molecule has 8 nitrogen and oxygen atoms in total. The minimum absolute atomic E-state index is 0.101. The third-order valence-electron chi connectivity index (χ3n) is 3.38. The number of carbonyl (C=O) groups is 1. The quantitative estimate of drug-likeness (QED) is 0.352. The molecule has 2 heterocycles. The molecule has 10 heteroatoms. The lowest BCUT2D eigenvalue weighted by molar-refractivity contribution is -0.384. The standard InChI is InChI=1S/C17H10BrClN4O4/c18-11-5-10(7-20-8-11)17(24)22-21-9-13-2-4-16(27-13)14-6-12(23(25)26)1-3-15(14)19/h1-9H,(H,22,24)/b21-9+. The van der Waals surface area contributed by atoms with Crippen LogP contribution < -0.4 is 5.43 Å². The normalized spacial score (nSPS) is 10.9. The molecule has 0 radical (unpaired) electrons. The molecule has 0 saturated carbocycles. The predicted octanol–water partition coefficient (Wildman–Crippen LogP) is 4.43. The van der Waals surface area contributed by atoms with Gasteiger partial charge in [0.2, 0.25) is 0 Å². The lowest BCUT2D eigenvalue weighted by Gasteiger charge is -2.00. The molecule has 1 aromatic carbocycles. The summed E-state index contributed by atoms with van der Waals surface area (Å²) in [5.74, 6) is 0.237.